The molecule has 3 aromatic heterocycles. The van der Waals surface area contributed by atoms with E-state index < -0.39 is 0 Å². The highest BCUT2D eigenvalue weighted by molar-refractivity contribution is 5.92. The van der Waals surface area contributed by atoms with E-state index >= 15 is 0 Å². The summed E-state index contributed by atoms with van der Waals surface area (Å²) in [5.74, 6) is 1.69. The molecule has 1 amide bonds. The number of fused-ring (bicyclic) bond motifs is 1. The first-order valence-corrected chi connectivity index (χ1v) is 10.9. The van der Waals surface area contributed by atoms with Crippen molar-refractivity contribution in [2.75, 3.05) is 18.0 Å². The Bertz CT molecular complexity index is 1070. The lowest BCUT2D eigenvalue weighted by Crippen LogP contribution is -2.34. The fourth-order valence-corrected chi connectivity index (χ4v) is 4.61. The molecule has 5 heterocycles. The molecule has 0 aliphatic carbocycles. The average molecular weight is 415 g/mol. The normalized spacial score (nSPS) is 18.2. The van der Waals surface area contributed by atoms with Gasteiger partial charge in [-0.05, 0) is 56.9 Å². The largest absolute Gasteiger partial charge is 0.350 e. The molecule has 7 nitrogen and oxygen atoms in total. The molecular formula is C24H26N6O. The maximum Gasteiger partial charge on any atom is 0.273 e. The summed E-state index contributed by atoms with van der Waals surface area (Å²) in [5, 5.41) is 0. The van der Waals surface area contributed by atoms with Gasteiger partial charge in [-0.25, -0.2) is 9.97 Å². The van der Waals surface area contributed by atoms with Gasteiger partial charge in [-0.15, -0.1) is 0 Å². The minimum absolute atomic E-state index is 0.0487. The van der Waals surface area contributed by atoms with Crippen LogP contribution in [-0.4, -0.2) is 43.8 Å². The first-order valence-electron chi connectivity index (χ1n) is 10.9. The Hall–Kier alpha value is -3.35. The monoisotopic (exact) mass is 414 g/mol. The fraction of sp³-hybridized carbons (Fsp3) is 0.375. The topological polar surface area (TPSA) is 75.1 Å². The molecule has 3 aromatic rings. The molecule has 158 valence electrons. The summed E-state index contributed by atoms with van der Waals surface area (Å²) >= 11 is 0. The van der Waals surface area contributed by atoms with Crippen LogP contribution in [0.25, 0.3) is 0 Å². The van der Waals surface area contributed by atoms with Gasteiger partial charge < -0.3 is 9.80 Å². The first-order chi connectivity index (χ1) is 15.2. The smallest absolute Gasteiger partial charge is 0.273 e. The van der Waals surface area contributed by atoms with Crippen LogP contribution in [0.5, 0.6) is 0 Å². The van der Waals surface area contributed by atoms with Crippen molar-refractivity contribution in [2.24, 2.45) is 0 Å². The quantitative estimate of drug-likeness (QED) is 0.650. The van der Waals surface area contributed by atoms with Gasteiger partial charge in [-0.1, -0.05) is 12.1 Å². The molecule has 0 N–H and O–H groups in total. The van der Waals surface area contributed by atoms with Crippen molar-refractivity contribution in [3.05, 3.63) is 77.3 Å². The molecule has 31 heavy (non-hydrogen) atoms. The summed E-state index contributed by atoms with van der Waals surface area (Å²) in [6, 6.07) is 11.3. The second-order valence-electron chi connectivity index (χ2n) is 8.19. The van der Waals surface area contributed by atoms with E-state index in [9.17, 15) is 4.79 Å². The highest BCUT2D eigenvalue weighted by atomic mass is 16.2. The minimum atomic E-state index is -0.114. The number of pyridine rings is 2. The molecule has 0 radical (unpaired) electrons. The van der Waals surface area contributed by atoms with Crippen molar-refractivity contribution in [3.63, 3.8) is 0 Å². The van der Waals surface area contributed by atoms with Crippen molar-refractivity contribution in [1.82, 2.24) is 24.8 Å². The molecule has 0 bridgehead atoms. The van der Waals surface area contributed by atoms with Crippen LogP contribution in [0.15, 0.2) is 48.8 Å². The van der Waals surface area contributed by atoms with Crippen LogP contribution in [-0.2, 0) is 13.0 Å². The van der Waals surface area contributed by atoms with Crippen molar-refractivity contribution in [3.8, 4) is 0 Å². The summed E-state index contributed by atoms with van der Waals surface area (Å²) in [4.78, 5) is 35.9. The number of carbonyl (C=O) groups is 1. The van der Waals surface area contributed by atoms with Gasteiger partial charge in [0.2, 0.25) is 0 Å². The SMILES string of the molecule is Cc1nc(C2CCCN2C(=O)c2ccccn2)nc2c1CCCN2Cc1ccccn1. The van der Waals surface area contributed by atoms with Crippen LogP contribution in [0.2, 0.25) is 0 Å². The number of hydrogen-bond donors (Lipinski definition) is 0. The molecule has 0 spiro atoms. The zero-order valence-electron chi connectivity index (χ0n) is 17.7. The molecule has 1 fully saturated rings. The van der Waals surface area contributed by atoms with Gasteiger partial charge in [-0.2, -0.15) is 0 Å². The van der Waals surface area contributed by atoms with Gasteiger partial charge in [0.25, 0.3) is 5.91 Å². The number of rotatable bonds is 4. The van der Waals surface area contributed by atoms with E-state index in [1.165, 1.54) is 5.56 Å². The number of aromatic nitrogens is 4. The molecule has 1 unspecified atom stereocenters. The van der Waals surface area contributed by atoms with E-state index in [4.69, 9.17) is 9.97 Å². The van der Waals surface area contributed by atoms with Gasteiger partial charge in [0, 0.05) is 36.7 Å². The Morgan fingerprint density at radius 1 is 1.03 bits per heavy atom. The fourth-order valence-electron chi connectivity index (χ4n) is 4.61. The molecule has 0 aromatic carbocycles. The zero-order chi connectivity index (χ0) is 21.2. The summed E-state index contributed by atoms with van der Waals surface area (Å²) in [5.41, 5.74) is 3.73. The number of aryl methyl sites for hydroxylation is 1. The molecule has 1 atom stereocenters. The number of nitrogens with zero attached hydrogens (tertiary/aromatic N) is 6. The predicted molar refractivity (Wildman–Crippen MR) is 118 cm³/mol. The number of amides is 1. The average Bonchev–Trinajstić information content (AvgIpc) is 3.30. The molecule has 2 aliphatic rings. The number of carbonyl (C=O) groups excluding carboxylic acids is 1. The Kier molecular flexibility index (Phi) is 5.32. The van der Waals surface area contributed by atoms with Crippen LogP contribution in [0.4, 0.5) is 5.82 Å². The highest BCUT2D eigenvalue weighted by Crippen LogP contribution is 2.35. The Labute approximate surface area is 182 Å². The minimum Gasteiger partial charge on any atom is -0.350 e. The second-order valence-corrected chi connectivity index (χ2v) is 8.19. The highest BCUT2D eigenvalue weighted by Gasteiger charge is 2.34. The third-order valence-electron chi connectivity index (χ3n) is 6.14. The summed E-state index contributed by atoms with van der Waals surface area (Å²) in [6.45, 7) is 4.44. The number of hydrogen-bond acceptors (Lipinski definition) is 6. The lowest BCUT2D eigenvalue weighted by atomic mass is 10.0. The van der Waals surface area contributed by atoms with Crippen molar-refractivity contribution < 1.29 is 4.79 Å². The zero-order valence-corrected chi connectivity index (χ0v) is 17.7. The van der Waals surface area contributed by atoms with E-state index in [2.05, 4.69) is 21.8 Å². The van der Waals surface area contributed by atoms with Gasteiger partial charge in [-0.3, -0.25) is 14.8 Å². The van der Waals surface area contributed by atoms with Crippen molar-refractivity contribution >= 4 is 11.7 Å². The number of anilines is 1. The lowest BCUT2D eigenvalue weighted by Gasteiger charge is -2.32. The van der Waals surface area contributed by atoms with Crippen LogP contribution >= 0.6 is 0 Å². The van der Waals surface area contributed by atoms with Crippen molar-refractivity contribution in [1.29, 1.82) is 0 Å². The van der Waals surface area contributed by atoms with Gasteiger partial charge in [0.05, 0.1) is 18.3 Å². The molecule has 1 saturated heterocycles. The third-order valence-corrected chi connectivity index (χ3v) is 6.14. The van der Waals surface area contributed by atoms with Gasteiger partial charge >= 0.3 is 0 Å². The summed E-state index contributed by atoms with van der Waals surface area (Å²) in [6.07, 6.45) is 7.37. The second kappa shape index (κ2) is 8.41. The first kappa shape index (κ1) is 19.6. The van der Waals surface area contributed by atoms with E-state index in [0.717, 1.165) is 61.8 Å². The Morgan fingerprint density at radius 3 is 2.65 bits per heavy atom. The maximum absolute atomic E-state index is 13.1. The molecular weight excluding hydrogens is 388 g/mol. The summed E-state index contributed by atoms with van der Waals surface area (Å²) in [7, 11) is 0. The Morgan fingerprint density at radius 2 is 1.87 bits per heavy atom. The third kappa shape index (κ3) is 3.87. The maximum atomic E-state index is 13.1. The predicted octanol–water partition coefficient (Wildman–Crippen LogP) is 3.51. The summed E-state index contributed by atoms with van der Waals surface area (Å²) < 4.78 is 0. The molecule has 0 saturated carbocycles. The standard InChI is InChI=1S/C24H26N6O/c1-17-19-9-6-14-29(16-18-8-2-4-12-25-18)23(19)28-22(27-17)21-11-7-15-30(21)24(31)20-10-3-5-13-26-20/h2-5,8,10,12-13,21H,6-7,9,11,14-16H2,1H3. The van der Waals surface area contributed by atoms with Crippen molar-refractivity contribution in [2.45, 2.75) is 45.2 Å². The van der Waals surface area contributed by atoms with Crippen LogP contribution in [0.3, 0.4) is 0 Å². The van der Waals surface area contributed by atoms with Crippen LogP contribution in [0.1, 0.15) is 58.6 Å². The van der Waals surface area contributed by atoms with Gasteiger partial charge in [0.15, 0.2) is 5.82 Å². The van der Waals surface area contributed by atoms with E-state index in [-0.39, 0.29) is 11.9 Å². The lowest BCUT2D eigenvalue weighted by molar-refractivity contribution is 0.0723. The molecule has 5 rings (SSSR count). The van der Waals surface area contributed by atoms with E-state index in [0.29, 0.717) is 12.2 Å². The Balaban J connectivity index is 1.47. The van der Waals surface area contributed by atoms with Crippen LogP contribution in [0, 0.1) is 6.92 Å². The van der Waals surface area contributed by atoms with E-state index in [1.54, 1.807) is 12.3 Å². The van der Waals surface area contributed by atoms with Gasteiger partial charge in [0.1, 0.15) is 11.5 Å². The molecule has 2 aliphatic heterocycles. The van der Waals surface area contributed by atoms with Crippen LogP contribution < -0.4 is 4.90 Å². The number of likely N-dealkylation sites (tertiary alicyclic amines) is 1. The van der Waals surface area contributed by atoms with E-state index in [1.807, 2.05) is 41.4 Å². The molecule has 7 heteroatoms.